The predicted octanol–water partition coefficient (Wildman–Crippen LogP) is 4.76. The van der Waals surface area contributed by atoms with Gasteiger partial charge in [-0.3, -0.25) is 0 Å². The smallest absolute Gasteiger partial charge is 0.245 e. The highest BCUT2D eigenvalue weighted by atomic mass is 16.5. The van der Waals surface area contributed by atoms with Gasteiger partial charge < -0.3 is 4.74 Å². The zero-order valence-corrected chi connectivity index (χ0v) is 16.0. The van der Waals surface area contributed by atoms with Crippen molar-refractivity contribution < 1.29 is 9.30 Å². The second kappa shape index (κ2) is 7.01. The minimum absolute atomic E-state index is 0.634. The molecular weight excluding hydrogens is 344 g/mol. The van der Waals surface area contributed by atoms with Crippen LogP contribution in [0.15, 0.2) is 85.2 Å². The molecule has 3 heteroatoms. The van der Waals surface area contributed by atoms with Crippen molar-refractivity contribution in [3.8, 4) is 5.75 Å². The van der Waals surface area contributed by atoms with Crippen LogP contribution < -0.4 is 9.30 Å². The zero-order chi connectivity index (χ0) is 18.9. The molecule has 0 saturated heterocycles. The van der Waals surface area contributed by atoms with E-state index in [0.717, 1.165) is 18.8 Å². The third-order valence-electron chi connectivity index (χ3n) is 5.37. The van der Waals surface area contributed by atoms with Crippen LogP contribution in [0.4, 0.5) is 0 Å². The molecule has 0 N–H and O–H groups in total. The molecule has 138 valence electrons. The van der Waals surface area contributed by atoms with Crippen LogP contribution in [-0.2, 0) is 13.1 Å². The summed E-state index contributed by atoms with van der Waals surface area (Å²) in [5.41, 5.74) is 7.59. The second-order valence-electron chi connectivity index (χ2n) is 7.39. The summed E-state index contributed by atoms with van der Waals surface area (Å²) in [5.74, 6) is 0.983. The highest BCUT2D eigenvalue weighted by molar-refractivity contribution is 5.76. The van der Waals surface area contributed by atoms with Crippen LogP contribution in [0.1, 0.15) is 16.7 Å². The Labute approximate surface area is 165 Å². The summed E-state index contributed by atoms with van der Waals surface area (Å²) in [6.07, 6.45) is 4.45. The summed E-state index contributed by atoms with van der Waals surface area (Å²) < 4.78 is 10.5. The molecule has 0 bridgehead atoms. The molecule has 0 fully saturated rings. The predicted molar refractivity (Wildman–Crippen MR) is 112 cm³/mol. The van der Waals surface area contributed by atoms with Crippen molar-refractivity contribution in [2.75, 3.05) is 6.61 Å². The Morgan fingerprint density at radius 1 is 0.964 bits per heavy atom. The maximum Gasteiger partial charge on any atom is 0.245 e. The van der Waals surface area contributed by atoms with Gasteiger partial charge in [0, 0.05) is 11.1 Å². The number of benzene rings is 3. The highest BCUT2D eigenvalue weighted by Crippen LogP contribution is 2.32. The number of hydrogen-bond donors (Lipinski definition) is 0. The molecule has 4 aromatic rings. The van der Waals surface area contributed by atoms with Crippen LogP contribution in [0.2, 0.25) is 0 Å². The van der Waals surface area contributed by atoms with Gasteiger partial charge in [0.1, 0.15) is 25.4 Å². The fourth-order valence-corrected chi connectivity index (χ4v) is 3.97. The van der Waals surface area contributed by atoms with Crippen LogP contribution in [0.25, 0.3) is 16.6 Å². The maximum absolute atomic E-state index is 5.83. The maximum atomic E-state index is 5.83. The first-order valence-electron chi connectivity index (χ1n) is 9.72. The van der Waals surface area contributed by atoms with E-state index in [1.54, 1.807) is 0 Å². The lowest BCUT2D eigenvalue weighted by molar-refractivity contribution is -0.663. The summed E-state index contributed by atoms with van der Waals surface area (Å²) >= 11 is 0. The van der Waals surface area contributed by atoms with E-state index in [1.165, 1.54) is 33.3 Å². The first-order chi connectivity index (χ1) is 13.8. The van der Waals surface area contributed by atoms with Crippen LogP contribution in [-0.4, -0.2) is 11.2 Å². The standard InChI is InChI=1S/C25H23N2O/c1-19-11-12-25-22(15-19)21(13-14-28-25)17-27-18-26(16-20-7-3-2-4-8-20)23-9-5-6-10-24(23)27/h2-13,15,18H,14,16-17H2,1H3/q+1. The van der Waals surface area contributed by atoms with Gasteiger partial charge in [-0.1, -0.05) is 54.1 Å². The van der Waals surface area contributed by atoms with Crippen LogP contribution >= 0.6 is 0 Å². The number of rotatable bonds is 4. The van der Waals surface area contributed by atoms with E-state index in [9.17, 15) is 0 Å². The number of ether oxygens (including phenoxy) is 1. The molecular formula is C25H23N2O+. The Hall–Kier alpha value is -3.33. The summed E-state index contributed by atoms with van der Waals surface area (Å²) in [4.78, 5) is 0. The molecule has 1 aromatic heterocycles. The molecule has 5 rings (SSSR count). The summed E-state index contributed by atoms with van der Waals surface area (Å²) in [6, 6.07) is 25.7. The molecule has 2 heterocycles. The van der Waals surface area contributed by atoms with Gasteiger partial charge in [-0.25, -0.2) is 9.13 Å². The summed E-state index contributed by atoms with van der Waals surface area (Å²) in [7, 11) is 0. The molecule has 0 unspecified atom stereocenters. The largest absolute Gasteiger partial charge is 0.489 e. The molecule has 0 radical (unpaired) electrons. The Kier molecular flexibility index (Phi) is 4.21. The quantitative estimate of drug-likeness (QED) is 0.476. The Balaban J connectivity index is 1.54. The van der Waals surface area contributed by atoms with Gasteiger partial charge in [-0.15, -0.1) is 0 Å². The lowest BCUT2D eigenvalue weighted by Gasteiger charge is -2.18. The molecule has 3 nitrogen and oxygen atoms in total. The Bertz CT molecular complexity index is 1170. The number of hydrogen-bond acceptors (Lipinski definition) is 1. The van der Waals surface area contributed by atoms with Crippen molar-refractivity contribution in [3.05, 3.63) is 102 Å². The van der Waals surface area contributed by atoms with Crippen molar-refractivity contribution in [2.45, 2.75) is 20.0 Å². The van der Waals surface area contributed by atoms with Gasteiger partial charge in [0.05, 0.1) is 0 Å². The number of fused-ring (bicyclic) bond motifs is 2. The monoisotopic (exact) mass is 367 g/mol. The van der Waals surface area contributed by atoms with E-state index < -0.39 is 0 Å². The van der Waals surface area contributed by atoms with Gasteiger partial charge in [0.25, 0.3) is 0 Å². The Morgan fingerprint density at radius 3 is 2.68 bits per heavy atom. The molecule has 0 atom stereocenters. The third-order valence-corrected chi connectivity index (χ3v) is 5.37. The number of allylic oxidation sites excluding steroid dienone is 1. The number of nitrogens with zero attached hydrogens (tertiary/aromatic N) is 2. The molecule has 0 spiro atoms. The van der Waals surface area contributed by atoms with Gasteiger partial charge in [-0.2, -0.15) is 0 Å². The Morgan fingerprint density at radius 2 is 1.79 bits per heavy atom. The average molecular weight is 367 g/mol. The third kappa shape index (κ3) is 3.09. The fraction of sp³-hybridized carbons (Fsp3) is 0.160. The number of aromatic nitrogens is 2. The van der Waals surface area contributed by atoms with Gasteiger partial charge in [0.2, 0.25) is 6.33 Å². The molecule has 1 aliphatic heterocycles. The SMILES string of the molecule is Cc1ccc2c(c1)C(Cn1c[n+](Cc3ccccc3)c3ccccc31)=CCO2. The molecule has 0 saturated carbocycles. The molecule has 1 aliphatic rings. The normalized spacial score (nSPS) is 13.1. The number of imidazole rings is 1. The lowest BCUT2D eigenvalue weighted by Crippen LogP contribution is -2.32. The van der Waals surface area contributed by atoms with Gasteiger partial charge >= 0.3 is 0 Å². The van der Waals surface area contributed by atoms with E-state index >= 15 is 0 Å². The van der Waals surface area contributed by atoms with Crippen molar-refractivity contribution in [1.82, 2.24) is 4.57 Å². The van der Waals surface area contributed by atoms with Crippen molar-refractivity contribution in [2.24, 2.45) is 0 Å². The lowest BCUT2D eigenvalue weighted by atomic mass is 10.0. The molecule has 3 aromatic carbocycles. The van der Waals surface area contributed by atoms with E-state index in [0.29, 0.717) is 6.61 Å². The van der Waals surface area contributed by atoms with Crippen LogP contribution in [0, 0.1) is 6.92 Å². The number of aryl methyl sites for hydroxylation is 1. The van der Waals surface area contributed by atoms with Gasteiger partial charge in [0.15, 0.2) is 11.0 Å². The highest BCUT2D eigenvalue weighted by Gasteiger charge is 2.20. The minimum Gasteiger partial charge on any atom is -0.489 e. The first-order valence-corrected chi connectivity index (χ1v) is 9.72. The van der Waals surface area contributed by atoms with Crippen molar-refractivity contribution >= 4 is 16.6 Å². The zero-order valence-electron chi connectivity index (χ0n) is 16.0. The first kappa shape index (κ1) is 16.8. The topological polar surface area (TPSA) is 18.0 Å². The van der Waals surface area contributed by atoms with Crippen LogP contribution in [0.3, 0.4) is 0 Å². The number of para-hydroxylation sites is 2. The van der Waals surface area contributed by atoms with E-state index in [4.69, 9.17) is 4.74 Å². The van der Waals surface area contributed by atoms with E-state index in [-0.39, 0.29) is 0 Å². The van der Waals surface area contributed by atoms with Crippen molar-refractivity contribution in [1.29, 1.82) is 0 Å². The fourth-order valence-electron chi connectivity index (χ4n) is 3.97. The summed E-state index contributed by atoms with van der Waals surface area (Å²) in [6.45, 7) is 4.47. The molecule has 0 amide bonds. The van der Waals surface area contributed by atoms with E-state index in [1.807, 2.05) is 0 Å². The summed E-state index contributed by atoms with van der Waals surface area (Å²) in [5, 5.41) is 0. The van der Waals surface area contributed by atoms with Gasteiger partial charge in [-0.05, 0) is 42.8 Å². The molecule has 28 heavy (non-hydrogen) atoms. The van der Waals surface area contributed by atoms with Crippen molar-refractivity contribution in [3.63, 3.8) is 0 Å². The van der Waals surface area contributed by atoms with E-state index in [2.05, 4.69) is 101 Å². The minimum atomic E-state index is 0.634. The van der Waals surface area contributed by atoms with Crippen LogP contribution in [0.5, 0.6) is 5.75 Å². The average Bonchev–Trinajstić information content (AvgIpc) is 3.07. The molecule has 0 aliphatic carbocycles. The second-order valence-corrected chi connectivity index (χ2v) is 7.39.